The van der Waals surface area contributed by atoms with E-state index in [0.717, 1.165) is 57.3 Å². The highest BCUT2D eigenvalue weighted by atomic mass is 19.4. The fraction of sp³-hybridized carbons (Fsp3) is 0.739. The Hall–Kier alpha value is -1.19. The van der Waals surface area contributed by atoms with Gasteiger partial charge in [-0.1, -0.05) is 72.3 Å². The van der Waals surface area contributed by atoms with Gasteiger partial charge in [-0.25, -0.2) is 0 Å². The largest absolute Gasteiger partial charge is 0.416 e. The molecule has 1 aromatic carbocycles. The molecule has 0 saturated carbocycles. The van der Waals surface area contributed by atoms with Crippen LogP contribution < -0.4 is 4.90 Å². The van der Waals surface area contributed by atoms with Gasteiger partial charge in [0.25, 0.3) is 0 Å². The molecule has 2 atom stereocenters. The summed E-state index contributed by atoms with van der Waals surface area (Å²) in [6.07, 6.45) is 4.83. The maximum atomic E-state index is 13.2. The van der Waals surface area contributed by atoms with Crippen LogP contribution in [0.25, 0.3) is 0 Å². The van der Waals surface area contributed by atoms with Crippen LogP contribution in [0.2, 0.25) is 0 Å². The standard InChI is InChI=1S/C23H38F3N/c1-5-9-12-19(7-3)17-27(18-20(8-4)13-10-6-2)22-15-11-14-21(16-22)23(24,25)26/h11,14-16,19-20H,5-10,12-13,17-18H2,1-4H3. The molecule has 0 aliphatic heterocycles. The van der Waals surface area contributed by atoms with Crippen molar-refractivity contribution in [2.24, 2.45) is 11.8 Å². The predicted molar refractivity (Wildman–Crippen MR) is 110 cm³/mol. The summed E-state index contributed by atoms with van der Waals surface area (Å²) in [4.78, 5) is 2.23. The average molecular weight is 386 g/mol. The summed E-state index contributed by atoms with van der Waals surface area (Å²) in [5.74, 6) is 1.06. The lowest BCUT2D eigenvalue weighted by Gasteiger charge is -2.33. The zero-order chi connectivity index (χ0) is 20.3. The summed E-state index contributed by atoms with van der Waals surface area (Å²) in [5.41, 5.74) is 0.169. The third kappa shape index (κ3) is 8.57. The van der Waals surface area contributed by atoms with E-state index in [4.69, 9.17) is 0 Å². The lowest BCUT2D eigenvalue weighted by atomic mass is 9.95. The molecule has 2 unspecified atom stereocenters. The van der Waals surface area contributed by atoms with E-state index in [0.29, 0.717) is 11.8 Å². The summed E-state index contributed by atoms with van der Waals surface area (Å²) in [6, 6.07) is 5.89. The van der Waals surface area contributed by atoms with Gasteiger partial charge in [0, 0.05) is 18.8 Å². The van der Waals surface area contributed by atoms with Crippen LogP contribution in [0.1, 0.15) is 84.6 Å². The Balaban J connectivity index is 3.05. The van der Waals surface area contributed by atoms with Gasteiger partial charge in [-0.2, -0.15) is 13.2 Å². The van der Waals surface area contributed by atoms with E-state index < -0.39 is 11.7 Å². The first-order valence-corrected chi connectivity index (χ1v) is 10.8. The Morgan fingerprint density at radius 1 is 0.852 bits per heavy atom. The Labute approximate surface area is 164 Å². The molecule has 0 aromatic heterocycles. The summed E-state index contributed by atoms with van der Waals surface area (Å²) >= 11 is 0. The number of unbranched alkanes of at least 4 members (excludes halogenated alkanes) is 2. The zero-order valence-electron chi connectivity index (χ0n) is 17.6. The minimum Gasteiger partial charge on any atom is -0.371 e. The quantitative estimate of drug-likeness (QED) is 0.333. The fourth-order valence-electron chi connectivity index (χ4n) is 3.62. The number of anilines is 1. The highest BCUT2D eigenvalue weighted by Crippen LogP contribution is 2.33. The van der Waals surface area contributed by atoms with Crippen LogP contribution >= 0.6 is 0 Å². The van der Waals surface area contributed by atoms with Gasteiger partial charge in [0.05, 0.1) is 5.56 Å². The summed E-state index contributed by atoms with van der Waals surface area (Å²) < 4.78 is 39.6. The van der Waals surface area contributed by atoms with Crippen LogP contribution in [0.15, 0.2) is 24.3 Å². The van der Waals surface area contributed by atoms with E-state index in [1.807, 2.05) is 6.07 Å². The first kappa shape index (κ1) is 23.8. The molecule has 4 heteroatoms. The maximum absolute atomic E-state index is 13.2. The van der Waals surface area contributed by atoms with Gasteiger partial charge in [-0.15, -0.1) is 0 Å². The Bertz CT molecular complexity index is 495. The van der Waals surface area contributed by atoms with E-state index in [2.05, 4.69) is 32.6 Å². The van der Waals surface area contributed by atoms with Crippen LogP contribution in [0.5, 0.6) is 0 Å². The van der Waals surface area contributed by atoms with Gasteiger partial charge in [0.1, 0.15) is 0 Å². The SMILES string of the molecule is CCCCC(CC)CN(CC(CC)CCCC)c1cccc(C(F)(F)F)c1. The van der Waals surface area contributed by atoms with Crippen molar-refractivity contribution < 1.29 is 13.2 Å². The molecular weight excluding hydrogens is 347 g/mol. The van der Waals surface area contributed by atoms with Gasteiger partial charge in [-0.05, 0) is 42.9 Å². The van der Waals surface area contributed by atoms with Gasteiger partial charge in [0.2, 0.25) is 0 Å². The molecule has 0 amide bonds. The van der Waals surface area contributed by atoms with Gasteiger partial charge in [0.15, 0.2) is 0 Å². The number of nitrogens with zero attached hydrogens (tertiary/aromatic N) is 1. The number of benzene rings is 1. The third-order valence-electron chi connectivity index (χ3n) is 5.58. The lowest BCUT2D eigenvalue weighted by Crippen LogP contribution is -2.34. The highest BCUT2D eigenvalue weighted by molar-refractivity contribution is 5.49. The van der Waals surface area contributed by atoms with Crippen molar-refractivity contribution in [1.29, 1.82) is 0 Å². The monoisotopic (exact) mass is 385 g/mol. The summed E-state index contributed by atoms with van der Waals surface area (Å²) in [5, 5.41) is 0. The van der Waals surface area contributed by atoms with E-state index in [-0.39, 0.29) is 0 Å². The lowest BCUT2D eigenvalue weighted by molar-refractivity contribution is -0.137. The number of halogens is 3. The molecule has 0 heterocycles. The van der Waals surface area contributed by atoms with Crippen molar-refractivity contribution in [2.45, 2.75) is 85.2 Å². The van der Waals surface area contributed by atoms with Crippen molar-refractivity contribution in [3.63, 3.8) is 0 Å². The fourth-order valence-corrected chi connectivity index (χ4v) is 3.62. The molecule has 0 fully saturated rings. The van der Waals surface area contributed by atoms with Crippen molar-refractivity contribution in [1.82, 2.24) is 0 Å². The van der Waals surface area contributed by atoms with Crippen LogP contribution in [0, 0.1) is 11.8 Å². The molecule has 0 bridgehead atoms. The van der Waals surface area contributed by atoms with Crippen molar-refractivity contribution in [3.05, 3.63) is 29.8 Å². The Morgan fingerprint density at radius 3 is 1.78 bits per heavy atom. The van der Waals surface area contributed by atoms with Crippen LogP contribution in [-0.4, -0.2) is 13.1 Å². The van der Waals surface area contributed by atoms with E-state index >= 15 is 0 Å². The number of hydrogen-bond acceptors (Lipinski definition) is 1. The van der Waals surface area contributed by atoms with Crippen LogP contribution in [0.3, 0.4) is 0 Å². The van der Waals surface area contributed by atoms with E-state index in [9.17, 15) is 13.2 Å². The van der Waals surface area contributed by atoms with Gasteiger partial charge >= 0.3 is 6.18 Å². The minimum atomic E-state index is -4.29. The second-order valence-corrected chi connectivity index (χ2v) is 7.79. The minimum absolute atomic E-state index is 0.531. The number of hydrogen-bond donors (Lipinski definition) is 0. The molecule has 0 radical (unpaired) electrons. The molecule has 27 heavy (non-hydrogen) atoms. The maximum Gasteiger partial charge on any atom is 0.416 e. The molecule has 0 aliphatic rings. The van der Waals surface area contributed by atoms with Crippen LogP contribution in [-0.2, 0) is 6.18 Å². The normalized spacial score (nSPS) is 14.2. The zero-order valence-corrected chi connectivity index (χ0v) is 17.6. The Kier molecular flexibility index (Phi) is 10.9. The smallest absolute Gasteiger partial charge is 0.371 e. The number of rotatable bonds is 13. The van der Waals surface area contributed by atoms with Crippen molar-refractivity contribution >= 4 is 5.69 Å². The molecule has 0 aliphatic carbocycles. The molecule has 156 valence electrons. The third-order valence-corrected chi connectivity index (χ3v) is 5.58. The molecule has 1 nitrogen and oxygen atoms in total. The Morgan fingerprint density at radius 2 is 1.37 bits per heavy atom. The first-order valence-electron chi connectivity index (χ1n) is 10.8. The van der Waals surface area contributed by atoms with Crippen molar-refractivity contribution in [3.8, 4) is 0 Å². The average Bonchev–Trinajstić information content (AvgIpc) is 2.66. The van der Waals surface area contributed by atoms with Crippen LogP contribution in [0.4, 0.5) is 18.9 Å². The number of alkyl halides is 3. The van der Waals surface area contributed by atoms with E-state index in [1.165, 1.54) is 25.0 Å². The summed E-state index contributed by atoms with van der Waals surface area (Å²) in [7, 11) is 0. The van der Waals surface area contributed by atoms with Gasteiger partial charge in [-0.3, -0.25) is 0 Å². The van der Waals surface area contributed by atoms with Gasteiger partial charge < -0.3 is 4.90 Å². The molecule has 1 aromatic rings. The molecular formula is C23H38F3N. The topological polar surface area (TPSA) is 3.24 Å². The first-order chi connectivity index (χ1) is 12.8. The second kappa shape index (κ2) is 12.3. The second-order valence-electron chi connectivity index (χ2n) is 7.79. The predicted octanol–water partition coefficient (Wildman–Crippen LogP) is 7.94. The van der Waals surface area contributed by atoms with E-state index in [1.54, 1.807) is 6.07 Å². The highest BCUT2D eigenvalue weighted by Gasteiger charge is 2.31. The van der Waals surface area contributed by atoms with Crippen molar-refractivity contribution in [2.75, 3.05) is 18.0 Å². The molecule has 0 spiro atoms. The summed E-state index contributed by atoms with van der Waals surface area (Å²) in [6.45, 7) is 10.5. The molecule has 1 rings (SSSR count). The molecule has 0 N–H and O–H groups in total. The molecule has 0 saturated heterocycles.